The maximum absolute atomic E-state index is 10.9. The van der Waals surface area contributed by atoms with Crippen LogP contribution in [-0.4, -0.2) is 11.8 Å². The van der Waals surface area contributed by atoms with Crippen molar-refractivity contribution >= 4 is 17.9 Å². The van der Waals surface area contributed by atoms with E-state index in [1.54, 1.807) is 0 Å². The van der Waals surface area contributed by atoms with Crippen molar-refractivity contribution in [3.63, 3.8) is 0 Å². The smallest absolute Gasteiger partial charge is 0.276 e. The van der Waals surface area contributed by atoms with Gasteiger partial charge >= 0.3 is 0 Å². The van der Waals surface area contributed by atoms with Gasteiger partial charge in [0.2, 0.25) is 0 Å². The second kappa shape index (κ2) is 5.13. The average Bonchev–Trinajstić information content (AvgIpc) is 2.23. The van der Waals surface area contributed by atoms with Crippen molar-refractivity contribution in [2.24, 2.45) is 0 Å². The van der Waals surface area contributed by atoms with Crippen molar-refractivity contribution in [1.82, 2.24) is 5.32 Å². The lowest BCUT2D eigenvalue weighted by molar-refractivity contribution is 0.258. The van der Waals surface area contributed by atoms with Crippen LogP contribution in [0.1, 0.15) is 36.1 Å². The predicted molar refractivity (Wildman–Crippen MR) is 76.1 cm³/mol. The molecule has 0 saturated heterocycles. The van der Waals surface area contributed by atoms with Crippen molar-refractivity contribution in [2.45, 2.75) is 40.0 Å². The summed E-state index contributed by atoms with van der Waals surface area (Å²) in [5, 5.41) is 2.49. The maximum Gasteiger partial charge on any atom is 0.276 e. The Morgan fingerprint density at radius 3 is 2.35 bits per heavy atom. The molecule has 94 valence electrons. The molecule has 0 aliphatic rings. The zero-order valence-corrected chi connectivity index (χ0v) is 12.1. The minimum atomic E-state index is -0.278. The zero-order valence-electron chi connectivity index (χ0n) is 11.2. The summed E-state index contributed by atoms with van der Waals surface area (Å²) in [4.78, 5) is 10.9. The number of nitrogens with one attached hydrogen (secondary N) is 1. The number of hydrogen-bond acceptors (Lipinski definition) is 1. The third-order valence-corrected chi connectivity index (χ3v) is 3.63. The number of carbonyl (C=O) groups excluding carboxylic acids is 1. The second-order valence-electron chi connectivity index (χ2n) is 5.22. The number of hydrogen-bond donors (Lipinski definition) is 2. The largest absolute Gasteiger partial charge is 0.346 e. The van der Waals surface area contributed by atoms with Crippen LogP contribution in [0.25, 0.3) is 0 Å². The van der Waals surface area contributed by atoms with Crippen LogP contribution in [0.15, 0.2) is 12.1 Å². The highest BCUT2D eigenvalue weighted by atomic mass is 32.1. The number of thiol groups is 1. The van der Waals surface area contributed by atoms with E-state index in [2.05, 4.69) is 64.7 Å². The third-order valence-electron chi connectivity index (χ3n) is 3.47. The summed E-state index contributed by atoms with van der Waals surface area (Å²) in [5.74, 6) is 0. The van der Waals surface area contributed by atoms with E-state index in [1.807, 2.05) is 0 Å². The van der Waals surface area contributed by atoms with Crippen molar-refractivity contribution in [1.29, 1.82) is 0 Å². The molecule has 1 rings (SSSR count). The first-order valence-electron chi connectivity index (χ1n) is 5.80. The Morgan fingerprint density at radius 2 is 1.82 bits per heavy atom. The van der Waals surface area contributed by atoms with Gasteiger partial charge < -0.3 is 5.32 Å². The van der Waals surface area contributed by atoms with Gasteiger partial charge in [0, 0.05) is 12.0 Å². The first-order chi connectivity index (χ1) is 7.75. The van der Waals surface area contributed by atoms with Crippen LogP contribution < -0.4 is 5.32 Å². The van der Waals surface area contributed by atoms with Crippen molar-refractivity contribution in [3.05, 3.63) is 34.4 Å². The lowest BCUT2D eigenvalue weighted by Crippen LogP contribution is -2.35. The number of benzene rings is 1. The van der Waals surface area contributed by atoms with Gasteiger partial charge in [-0.15, -0.1) is 0 Å². The quantitative estimate of drug-likeness (QED) is 0.791. The maximum atomic E-state index is 10.9. The second-order valence-corrected chi connectivity index (χ2v) is 5.63. The molecule has 2 nitrogen and oxygen atoms in total. The van der Waals surface area contributed by atoms with E-state index in [0.29, 0.717) is 6.54 Å². The Morgan fingerprint density at radius 1 is 1.24 bits per heavy atom. The Kier molecular flexibility index (Phi) is 4.26. The number of amides is 1. The highest BCUT2D eigenvalue weighted by Crippen LogP contribution is 2.28. The molecule has 0 unspecified atom stereocenters. The number of rotatable bonds is 3. The molecular formula is C14H21NOS. The standard InChI is InChI=1S/C14H21NOS/c1-9-6-7-12(11(3)10(9)2)14(4,5)8-15-13(16)17/h6-7H,8H2,1-5H3,(H2,15,16,17). The molecule has 0 saturated carbocycles. The van der Waals surface area contributed by atoms with Gasteiger partial charge in [-0.25, -0.2) is 0 Å². The summed E-state index contributed by atoms with van der Waals surface area (Å²) < 4.78 is 0. The van der Waals surface area contributed by atoms with Crippen LogP contribution in [0.3, 0.4) is 0 Å². The molecular weight excluding hydrogens is 230 g/mol. The van der Waals surface area contributed by atoms with Crippen LogP contribution in [0.5, 0.6) is 0 Å². The topological polar surface area (TPSA) is 29.1 Å². The normalized spacial score (nSPS) is 11.4. The molecule has 0 aliphatic carbocycles. The summed E-state index contributed by atoms with van der Waals surface area (Å²) in [5.41, 5.74) is 5.14. The van der Waals surface area contributed by atoms with Gasteiger partial charge in [0.05, 0.1) is 0 Å². The SMILES string of the molecule is Cc1ccc(C(C)(C)CNC(=O)S)c(C)c1C. The minimum Gasteiger partial charge on any atom is -0.346 e. The fourth-order valence-corrected chi connectivity index (χ4v) is 2.16. The highest BCUT2D eigenvalue weighted by molar-refractivity contribution is 7.96. The van der Waals surface area contributed by atoms with E-state index in [-0.39, 0.29) is 10.7 Å². The fourth-order valence-electron chi connectivity index (χ4n) is 2.08. The minimum absolute atomic E-state index is 0.0824. The summed E-state index contributed by atoms with van der Waals surface area (Å²) in [7, 11) is 0. The first kappa shape index (κ1) is 14.1. The van der Waals surface area contributed by atoms with E-state index in [4.69, 9.17) is 0 Å². The number of carbonyl (C=O) groups is 1. The third kappa shape index (κ3) is 3.25. The first-order valence-corrected chi connectivity index (χ1v) is 6.24. The van der Waals surface area contributed by atoms with Gasteiger partial charge in [0.15, 0.2) is 0 Å². The molecule has 0 spiro atoms. The molecule has 0 radical (unpaired) electrons. The Bertz CT molecular complexity index is 438. The highest BCUT2D eigenvalue weighted by Gasteiger charge is 2.23. The van der Waals surface area contributed by atoms with E-state index in [9.17, 15) is 4.79 Å². The molecule has 17 heavy (non-hydrogen) atoms. The van der Waals surface area contributed by atoms with Crippen LogP contribution >= 0.6 is 12.6 Å². The molecule has 1 amide bonds. The lowest BCUT2D eigenvalue weighted by Gasteiger charge is -2.28. The van der Waals surface area contributed by atoms with Crippen molar-refractivity contribution < 1.29 is 4.79 Å². The van der Waals surface area contributed by atoms with Gasteiger partial charge in [0.25, 0.3) is 5.24 Å². The Balaban J connectivity index is 3.06. The summed E-state index contributed by atoms with van der Waals surface area (Å²) >= 11 is 3.73. The molecule has 0 atom stereocenters. The van der Waals surface area contributed by atoms with Gasteiger partial charge in [0.1, 0.15) is 0 Å². The zero-order chi connectivity index (χ0) is 13.2. The predicted octanol–water partition coefficient (Wildman–Crippen LogP) is 3.53. The van der Waals surface area contributed by atoms with E-state index >= 15 is 0 Å². The van der Waals surface area contributed by atoms with E-state index in [1.165, 1.54) is 22.3 Å². The van der Waals surface area contributed by atoms with Crippen LogP contribution in [0.2, 0.25) is 0 Å². The average molecular weight is 251 g/mol. The van der Waals surface area contributed by atoms with Crippen molar-refractivity contribution in [3.8, 4) is 0 Å². The monoisotopic (exact) mass is 251 g/mol. The molecule has 0 aromatic heterocycles. The molecule has 0 aliphatic heterocycles. The summed E-state index contributed by atoms with van der Waals surface area (Å²) in [6, 6.07) is 4.30. The van der Waals surface area contributed by atoms with Crippen LogP contribution in [0.4, 0.5) is 4.79 Å². The number of aryl methyl sites for hydroxylation is 1. The Labute approximate surface area is 109 Å². The van der Waals surface area contributed by atoms with Crippen LogP contribution in [0, 0.1) is 20.8 Å². The summed E-state index contributed by atoms with van der Waals surface area (Å²) in [6.07, 6.45) is 0. The Hall–Kier alpha value is -0.960. The van der Waals surface area contributed by atoms with Gasteiger partial charge in [-0.3, -0.25) is 4.79 Å². The molecule has 1 N–H and O–H groups in total. The lowest BCUT2D eigenvalue weighted by atomic mass is 9.80. The molecule has 0 fully saturated rings. The molecule has 1 aromatic carbocycles. The van der Waals surface area contributed by atoms with E-state index < -0.39 is 0 Å². The van der Waals surface area contributed by atoms with E-state index in [0.717, 1.165) is 0 Å². The molecule has 3 heteroatoms. The molecule has 0 bridgehead atoms. The van der Waals surface area contributed by atoms with Gasteiger partial charge in [-0.2, -0.15) is 0 Å². The van der Waals surface area contributed by atoms with Gasteiger partial charge in [-0.1, -0.05) is 38.6 Å². The van der Waals surface area contributed by atoms with Crippen LogP contribution in [-0.2, 0) is 5.41 Å². The fraction of sp³-hybridized carbons (Fsp3) is 0.500. The van der Waals surface area contributed by atoms with Gasteiger partial charge in [-0.05, 0) is 43.0 Å². The van der Waals surface area contributed by atoms with Crippen molar-refractivity contribution in [2.75, 3.05) is 6.54 Å². The molecule has 1 aromatic rings. The molecule has 0 heterocycles. The summed E-state index contributed by atoms with van der Waals surface area (Å²) in [6.45, 7) is 11.3.